The van der Waals surface area contributed by atoms with Crippen LogP contribution in [0.5, 0.6) is 0 Å². The second-order valence-corrected chi connectivity index (χ2v) is 5.65. The fraction of sp³-hybridized carbons (Fsp3) is 0.438. The third-order valence-corrected chi connectivity index (χ3v) is 3.83. The van der Waals surface area contributed by atoms with Gasteiger partial charge in [0.2, 0.25) is 0 Å². The maximum atomic E-state index is 12.2. The third kappa shape index (κ3) is 2.85. The molecule has 0 saturated carbocycles. The van der Waals surface area contributed by atoms with Crippen molar-refractivity contribution in [2.75, 3.05) is 6.61 Å². The fourth-order valence-corrected chi connectivity index (χ4v) is 2.31. The van der Waals surface area contributed by atoms with Gasteiger partial charge in [-0.2, -0.15) is 0 Å². The number of aryl methyl sites for hydroxylation is 2. The van der Waals surface area contributed by atoms with Crippen molar-refractivity contribution in [1.29, 1.82) is 0 Å². The quantitative estimate of drug-likeness (QED) is 0.802. The Bertz CT molecular complexity index is 631. The van der Waals surface area contributed by atoms with Crippen molar-refractivity contribution in [3.63, 3.8) is 0 Å². The third-order valence-electron chi connectivity index (χ3n) is 3.83. The van der Waals surface area contributed by atoms with Crippen LogP contribution in [0, 0.1) is 19.8 Å². The lowest BCUT2D eigenvalue weighted by Gasteiger charge is -2.18. The lowest BCUT2D eigenvalue weighted by molar-refractivity contribution is 0.0912. The molecule has 2 atom stereocenters. The lowest BCUT2D eigenvalue weighted by atomic mass is 10.1. The number of aliphatic hydroxyl groups is 1. The summed E-state index contributed by atoms with van der Waals surface area (Å²) in [4.78, 5) is 15.4. The van der Waals surface area contributed by atoms with Crippen LogP contribution in [-0.2, 0) is 0 Å². The van der Waals surface area contributed by atoms with E-state index in [-0.39, 0.29) is 24.5 Å². The number of aliphatic hydroxyl groups excluding tert-OH is 1. The smallest absolute Gasteiger partial charge is 0.267 e. The van der Waals surface area contributed by atoms with Crippen LogP contribution in [0.15, 0.2) is 18.2 Å². The normalized spacial score (nSPS) is 14.2. The van der Waals surface area contributed by atoms with Crippen LogP contribution in [0.2, 0.25) is 0 Å². The Morgan fingerprint density at radius 3 is 2.65 bits per heavy atom. The number of nitrogens with one attached hydrogen (secondary N) is 2. The number of fused-ring (bicyclic) bond motifs is 1. The topological polar surface area (TPSA) is 65.1 Å². The van der Waals surface area contributed by atoms with Gasteiger partial charge in [-0.25, -0.2) is 0 Å². The average Bonchev–Trinajstić information content (AvgIpc) is 2.81. The van der Waals surface area contributed by atoms with Crippen molar-refractivity contribution in [3.05, 3.63) is 35.0 Å². The second-order valence-electron chi connectivity index (χ2n) is 5.65. The fourth-order valence-electron chi connectivity index (χ4n) is 2.31. The van der Waals surface area contributed by atoms with Crippen LogP contribution in [0.25, 0.3) is 10.9 Å². The highest BCUT2D eigenvalue weighted by molar-refractivity contribution is 5.99. The average molecular weight is 274 g/mol. The first-order valence-electron chi connectivity index (χ1n) is 6.94. The first kappa shape index (κ1) is 14.6. The highest BCUT2D eigenvalue weighted by Gasteiger charge is 2.17. The van der Waals surface area contributed by atoms with Gasteiger partial charge >= 0.3 is 0 Å². The molecule has 0 aliphatic heterocycles. The summed E-state index contributed by atoms with van der Waals surface area (Å²) >= 11 is 0. The molecular weight excluding hydrogens is 252 g/mol. The monoisotopic (exact) mass is 274 g/mol. The largest absolute Gasteiger partial charge is 0.396 e. The molecule has 3 N–H and O–H groups in total. The summed E-state index contributed by atoms with van der Waals surface area (Å²) in [7, 11) is 0. The molecule has 4 heteroatoms. The van der Waals surface area contributed by atoms with E-state index in [1.807, 2.05) is 39.8 Å². The van der Waals surface area contributed by atoms with Gasteiger partial charge < -0.3 is 15.4 Å². The zero-order chi connectivity index (χ0) is 14.9. The van der Waals surface area contributed by atoms with E-state index in [1.54, 1.807) is 0 Å². The van der Waals surface area contributed by atoms with Crippen LogP contribution < -0.4 is 5.32 Å². The minimum absolute atomic E-state index is 0.0345. The molecule has 2 unspecified atom stereocenters. The number of rotatable bonds is 4. The van der Waals surface area contributed by atoms with Crippen LogP contribution in [0.3, 0.4) is 0 Å². The summed E-state index contributed by atoms with van der Waals surface area (Å²) in [5.74, 6) is -0.0987. The van der Waals surface area contributed by atoms with E-state index in [0.29, 0.717) is 5.69 Å². The molecule has 0 radical (unpaired) electrons. The Morgan fingerprint density at radius 2 is 2.00 bits per heavy atom. The van der Waals surface area contributed by atoms with E-state index in [2.05, 4.69) is 16.4 Å². The summed E-state index contributed by atoms with van der Waals surface area (Å²) in [6.45, 7) is 7.95. The van der Waals surface area contributed by atoms with E-state index in [9.17, 15) is 4.79 Å². The minimum Gasteiger partial charge on any atom is -0.396 e. The number of carbonyl (C=O) groups excluding carboxylic acids is 1. The first-order valence-corrected chi connectivity index (χ1v) is 6.94. The van der Waals surface area contributed by atoms with Gasteiger partial charge in [0.05, 0.1) is 0 Å². The number of H-pyrrole nitrogens is 1. The first-order chi connectivity index (χ1) is 9.42. The molecule has 2 aromatic rings. The summed E-state index contributed by atoms with van der Waals surface area (Å²) in [6, 6.07) is 5.96. The van der Waals surface area contributed by atoms with Crippen LogP contribution in [0.4, 0.5) is 0 Å². The molecule has 108 valence electrons. The lowest BCUT2D eigenvalue weighted by Crippen LogP contribution is -2.38. The van der Waals surface area contributed by atoms with Crippen molar-refractivity contribution in [1.82, 2.24) is 10.3 Å². The van der Waals surface area contributed by atoms with E-state index in [4.69, 9.17) is 5.11 Å². The van der Waals surface area contributed by atoms with Gasteiger partial charge in [-0.3, -0.25) is 4.79 Å². The van der Waals surface area contributed by atoms with Crippen LogP contribution in [0.1, 0.15) is 35.5 Å². The van der Waals surface area contributed by atoms with Crippen LogP contribution >= 0.6 is 0 Å². The van der Waals surface area contributed by atoms with Crippen LogP contribution in [-0.4, -0.2) is 28.6 Å². The molecule has 1 amide bonds. The number of benzene rings is 1. The summed E-state index contributed by atoms with van der Waals surface area (Å²) < 4.78 is 0. The molecule has 0 aliphatic rings. The van der Waals surface area contributed by atoms with Gasteiger partial charge in [-0.05, 0) is 49.9 Å². The molecule has 1 heterocycles. The van der Waals surface area contributed by atoms with Gasteiger partial charge in [-0.1, -0.05) is 13.0 Å². The molecule has 4 nitrogen and oxygen atoms in total. The molecule has 2 rings (SSSR count). The number of carbonyl (C=O) groups is 1. The van der Waals surface area contributed by atoms with E-state index >= 15 is 0 Å². The number of hydrogen-bond donors (Lipinski definition) is 3. The molecule has 20 heavy (non-hydrogen) atoms. The Balaban J connectivity index is 2.25. The highest BCUT2D eigenvalue weighted by Crippen LogP contribution is 2.21. The van der Waals surface area contributed by atoms with Crippen molar-refractivity contribution in [3.8, 4) is 0 Å². The van der Waals surface area contributed by atoms with E-state index in [0.717, 1.165) is 16.5 Å². The van der Waals surface area contributed by atoms with Gasteiger partial charge in [0.25, 0.3) is 5.91 Å². The molecule has 1 aromatic heterocycles. The highest BCUT2D eigenvalue weighted by atomic mass is 16.3. The van der Waals surface area contributed by atoms with Gasteiger partial charge in [0, 0.05) is 23.6 Å². The number of aromatic nitrogens is 1. The zero-order valence-electron chi connectivity index (χ0n) is 12.4. The summed E-state index contributed by atoms with van der Waals surface area (Å²) in [5.41, 5.74) is 3.87. The predicted molar refractivity (Wildman–Crippen MR) is 81.0 cm³/mol. The summed E-state index contributed by atoms with van der Waals surface area (Å²) in [5, 5.41) is 13.1. The predicted octanol–water partition coefficient (Wildman–Crippen LogP) is 2.53. The number of hydrogen-bond acceptors (Lipinski definition) is 2. The van der Waals surface area contributed by atoms with Gasteiger partial charge in [-0.15, -0.1) is 0 Å². The zero-order valence-corrected chi connectivity index (χ0v) is 12.4. The molecule has 0 saturated heterocycles. The molecule has 0 spiro atoms. The number of aromatic amines is 1. The van der Waals surface area contributed by atoms with Crippen molar-refractivity contribution in [2.24, 2.45) is 5.92 Å². The molecule has 1 aromatic carbocycles. The number of amides is 1. The Hall–Kier alpha value is -1.81. The Morgan fingerprint density at radius 1 is 1.30 bits per heavy atom. The van der Waals surface area contributed by atoms with E-state index in [1.165, 1.54) is 5.56 Å². The van der Waals surface area contributed by atoms with Gasteiger partial charge in [0.1, 0.15) is 5.69 Å². The Labute approximate surface area is 119 Å². The van der Waals surface area contributed by atoms with E-state index < -0.39 is 0 Å². The molecule has 0 bridgehead atoms. The van der Waals surface area contributed by atoms with Crippen molar-refractivity contribution < 1.29 is 9.90 Å². The SMILES string of the molecule is Cc1cc(C)c2cc(C(=O)NC(C)C(C)CO)[nH]c2c1. The maximum absolute atomic E-state index is 12.2. The Kier molecular flexibility index (Phi) is 4.14. The second kappa shape index (κ2) is 5.67. The van der Waals surface area contributed by atoms with Gasteiger partial charge in [0.15, 0.2) is 0 Å². The molecule has 0 aliphatic carbocycles. The van der Waals surface area contributed by atoms with Crippen molar-refractivity contribution in [2.45, 2.75) is 33.7 Å². The molecular formula is C16H22N2O2. The maximum Gasteiger partial charge on any atom is 0.267 e. The molecule has 0 fully saturated rings. The standard InChI is InChI=1S/C16H22N2O2/c1-9-5-10(2)13-7-15(18-14(13)6-9)16(20)17-12(4)11(3)8-19/h5-7,11-12,18-19H,8H2,1-4H3,(H,17,20). The summed E-state index contributed by atoms with van der Waals surface area (Å²) in [6.07, 6.45) is 0. The minimum atomic E-state index is -0.133. The van der Waals surface area contributed by atoms with Crippen molar-refractivity contribution >= 4 is 16.8 Å².